The molecule has 4 aromatic rings. The fraction of sp³-hybridized carbons (Fsp3) is 0.257. The highest BCUT2D eigenvalue weighted by Gasteiger charge is 2.35. The van der Waals surface area contributed by atoms with E-state index in [1.54, 1.807) is 54.6 Å². The Morgan fingerprint density at radius 1 is 0.822 bits per heavy atom. The van der Waals surface area contributed by atoms with Crippen LogP contribution in [0.25, 0.3) is 0 Å². The molecule has 1 N–H and O–H groups in total. The number of carbonyl (C=O) groups excluding carboxylic acids is 2. The molecule has 4 aromatic carbocycles. The Morgan fingerprint density at radius 3 is 2.00 bits per heavy atom. The molecule has 0 radical (unpaired) electrons. The summed E-state index contributed by atoms with van der Waals surface area (Å²) in [5.74, 6) is -0.937. The van der Waals surface area contributed by atoms with E-state index in [9.17, 15) is 18.0 Å². The number of carbonyl (C=O) groups is 2. The van der Waals surface area contributed by atoms with E-state index in [0.717, 1.165) is 21.0 Å². The number of amides is 2. The first kappa shape index (κ1) is 34.0. The van der Waals surface area contributed by atoms with Gasteiger partial charge in [0, 0.05) is 29.1 Å². The maximum atomic E-state index is 14.5. The number of aryl methyl sites for hydroxylation is 2. The predicted molar refractivity (Wildman–Crippen MR) is 181 cm³/mol. The normalized spacial score (nSPS) is 12.1. The number of nitrogens with zero attached hydrogens (tertiary/aromatic N) is 2. The zero-order chi connectivity index (χ0) is 32.7. The van der Waals surface area contributed by atoms with Gasteiger partial charge in [-0.15, -0.1) is 0 Å². The van der Waals surface area contributed by atoms with Crippen LogP contribution in [0, 0.1) is 13.8 Å². The van der Waals surface area contributed by atoms with Crippen molar-refractivity contribution >= 4 is 50.7 Å². The van der Waals surface area contributed by atoms with Gasteiger partial charge in [-0.25, -0.2) is 8.42 Å². The smallest absolute Gasteiger partial charge is 0.264 e. The number of benzene rings is 4. The van der Waals surface area contributed by atoms with Gasteiger partial charge in [0.05, 0.1) is 10.6 Å². The first-order valence-corrected chi connectivity index (χ1v) is 16.8. The number of rotatable bonds is 12. The summed E-state index contributed by atoms with van der Waals surface area (Å²) in [5, 5.41) is 3.69. The maximum absolute atomic E-state index is 14.5. The van der Waals surface area contributed by atoms with Crippen molar-refractivity contribution < 1.29 is 18.0 Å². The van der Waals surface area contributed by atoms with E-state index in [1.807, 2.05) is 58.0 Å². The molecule has 0 spiro atoms. The van der Waals surface area contributed by atoms with Crippen LogP contribution in [0.2, 0.25) is 10.0 Å². The van der Waals surface area contributed by atoms with Gasteiger partial charge >= 0.3 is 0 Å². The molecule has 7 nitrogen and oxygen atoms in total. The molecule has 0 aliphatic heterocycles. The van der Waals surface area contributed by atoms with Gasteiger partial charge in [-0.1, -0.05) is 95.0 Å². The molecular formula is C35H37Cl2N3O4S. The van der Waals surface area contributed by atoms with E-state index < -0.39 is 28.5 Å². The van der Waals surface area contributed by atoms with Crippen LogP contribution >= 0.6 is 23.2 Å². The highest BCUT2D eigenvalue weighted by atomic mass is 35.5. The van der Waals surface area contributed by atoms with Gasteiger partial charge in [0.1, 0.15) is 12.6 Å². The number of hydrogen-bond donors (Lipinski definition) is 1. The molecule has 0 fully saturated rings. The van der Waals surface area contributed by atoms with Crippen molar-refractivity contribution in [3.8, 4) is 0 Å². The van der Waals surface area contributed by atoms with Crippen molar-refractivity contribution in [2.45, 2.75) is 57.6 Å². The highest BCUT2D eigenvalue weighted by Crippen LogP contribution is 2.27. The van der Waals surface area contributed by atoms with Crippen LogP contribution in [-0.2, 0) is 32.6 Å². The van der Waals surface area contributed by atoms with Gasteiger partial charge in [0.2, 0.25) is 11.8 Å². The second-order valence-corrected chi connectivity index (χ2v) is 14.0. The van der Waals surface area contributed by atoms with E-state index in [-0.39, 0.29) is 29.8 Å². The lowest BCUT2D eigenvalue weighted by Gasteiger charge is -2.34. The van der Waals surface area contributed by atoms with Crippen molar-refractivity contribution in [2.75, 3.05) is 10.8 Å². The van der Waals surface area contributed by atoms with Gasteiger partial charge in [-0.3, -0.25) is 13.9 Å². The van der Waals surface area contributed by atoms with Gasteiger partial charge in [0.25, 0.3) is 10.0 Å². The third-order valence-corrected chi connectivity index (χ3v) is 9.64. The molecule has 0 heterocycles. The lowest BCUT2D eigenvalue weighted by molar-refractivity contribution is -0.140. The summed E-state index contributed by atoms with van der Waals surface area (Å²) in [6.07, 6.45) is 0.200. The molecule has 4 rings (SSSR count). The Kier molecular flexibility index (Phi) is 11.3. The van der Waals surface area contributed by atoms with Crippen molar-refractivity contribution in [3.05, 3.63) is 129 Å². The molecule has 0 saturated heterocycles. The Hall–Kier alpha value is -3.85. The molecule has 0 aliphatic carbocycles. The maximum Gasteiger partial charge on any atom is 0.264 e. The van der Waals surface area contributed by atoms with Gasteiger partial charge in [0.15, 0.2) is 0 Å². The monoisotopic (exact) mass is 665 g/mol. The first-order chi connectivity index (χ1) is 21.3. The minimum Gasteiger partial charge on any atom is -0.352 e. The largest absolute Gasteiger partial charge is 0.352 e. The van der Waals surface area contributed by atoms with Gasteiger partial charge in [-0.05, 0) is 75.2 Å². The number of sulfonamides is 1. The summed E-state index contributed by atoms with van der Waals surface area (Å²) in [7, 11) is -4.18. The standard InChI is InChI=1S/C35H37Cl2N3O4S/c1-24(2)38-35(42)33(20-27-8-6-5-7-9-27)39(22-28-14-15-29(36)21-32(28)37)34(41)23-40(30-16-10-25(3)11-17-30)45(43,44)31-18-12-26(4)13-19-31/h5-19,21,24,33H,20,22-23H2,1-4H3,(H,38,42)/t33-/m1/s1. The zero-order valence-corrected chi connectivity index (χ0v) is 28.0. The van der Waals surface area contributed by atoms with Crippen LogP contribution in [0.3, 0.4) is 0 Å². The predicted octanol–water partition coefficient (Wildman–Crippen LogP) is 6.97. The average molecular weight is 667 g/mol. The molecule has 0 aromatic heterocycles. The molecule has 236 valence electrons. The van der Waals surface area contributed by atoms with Crippen LogP contribution in [-0.4, -0.2) is 43.8 Å². The summed E-state index contributed by atoms with van der Waals surface area (Å²) in [6.45, 7) is 6.84. The fourth-order valence-corrected chi connectivity index (χ4v) is 6.73. The summed E-state index contributed by atoms with van der Waals surface area (Å²) < 4.78 is 29.3. The van der Waals surface area contributed by atoms with Crippen LogP contribution in [0.4, 0.5) is 5.69 Å². The number of nitrogens with one attached hydrogen (secondary N) is 1. The third-order valence-electron chi connectivity index (χ3n) is 7.27. The molecule has 0 bridgehead atoms. The van der Waals surface area contributed by atoms with Crippen LogP contribution in [0.1, 0.15) is 36.1 Å². The van der Waals surface area contributed by atoms with Crippen molar-refractivity contribution in [1.29, 1.82) is 0 Å². The van der Waals surface area contributed by atoms with E-state index in [2.05, 4.69) is 5.32 Å². The highest BCUT2D eigenvalue weighted by molar-refractivity contribution is 7.92. The van der Waals surface area contributed by atoms with Crippen molar-refractivity contribution in [3.63, 3.8) is 0 Å². The molecule has 0 unspecified atom stereocenters. The summed E-state index contributed by atoms with van der Waals surface area (Å²) in [4.78, 5) is 29.7. The summed E-state index contributed by atoms with van der Waals surface area (Å²) in [5.41, 5.74) is 3.56. The van der Waals surface area contributed by atoms with Gasteiger partial charge < -0.3 is 10.2 Å². The molecule has 1 atom stereocenters. The molecule has 0 saturated carbocycles. The number of halogens is 2. The lowest BCUT2D eigenvalue weighted by atomic mass is 10.0. The topological polar surface area (TPSA) is 86.8 Å². The SMILES string of the molecule is Cc1ccc(N(CC(=O)N(Cc2ccc(Cl)cc2Cl)[C@H](Cc2ccccc2)C(=O)NC(C)C)S(=O)(=O)c2ccc(C)cc2)cc1. The minimum absolute atomic E-state index is 0.0483. The Morgan fingerprint density at radius 2 is 1.42 bits per heavy atom. The zero-order valence-electron chi connectivity index (χ0n) is 25.7. The molecule has 10 heteroatoms. The van der Waals surface area contributed by atoms with Crippen LogP contribution in [0.5, 0.6) is 0 Å². The van der Waals surface area contributed by atoms with Crippen LogP contribution in [0.15, 0.2) is 102 Å². The third kappa shape index (κ3) is 8.87. The van der Waals surface area contributed by atoms with Crippen molar-refractivity contribution in [1.82, 2.24) is 10.2 Å². The Balaban J connectivity index is 1.82. The van der Waals surface area contributed by atoms with Gasteiger partial charge in [-0.2, -0.15) is 0 Å². The summed E-state index contributed by atoms with van der Waals surface area (Å²) >= 11 is 12.7. The Bertz CT molecular complexity index is 1730. The van der Waals surface area contributed by atoms with Crippen molar-refractivity contribution in [2.24, 2.45) is 0 Å². The fourth-order valence-electron chi connectivity index (χ4n) is 4.85. The first-order valence-electron chi connectivity index (χ1n) is 14.6. The number of anilines is 1. The molecular weight excluding hydrogens is 629 g/mol. The Labute approximate surface area is 275 Å². The second-order valence-electron chi connectivity index (χ2n) is 11.3. The molecule has 0 aliphatic rings. The second kappa shape index (κ2) is 15.0. The average Bonchev–Trinajstić information content (AvgIpc) is 2.99. The number of hydrogen-bond acceptors (Lipinski definition) is 4. The van der Waals surface area contributed by atoms with E-state index in [1.165, 1.54) is 17.0 Å². The summed E-state index contributed by atoms with van der Waals surface area (Å²) in [6, 6.07) is 26.5. The van der Waals surface area contributed by atoms with E-state index in [0.29, 0.717) is 21.3 Å². The lowest BCUT2D eigenvalue weighted by Crippen LogP contribution is -2.54. The van der Waals surface area contributed by atoms with E-state index >= 15 is 0 Å². The quantitative estimate of drug-likeness (QED) is 0.177. The minimum atomic E-state index is -4.18. The van der Waals surface area contributed by atoms with Crippen LogP contribution < -0.4 is 9.62 Å². The molecule has 45 heavy (non-hydrogen) atoms. The van der Waals surface area contributed by atoms with E-state index in [4.69, 9.17) is 23.2 Å². The molecule has 2 amide bonds.